The van der Waals surface area contributed by atoms with E-state index in [1.165, 1.54) is 49.9 Å². The standard InChI is InChI=1S/C24H28N2O8S/c1-15-10-20(7-8-21(15)32-2)35(30,31)26-9-5-6-16(14-26)22(27)25-19-12-17(23(28)33-3)11-18(13-19)24(29)34-4/h7-8,10-13,16H,5-6,9,14H2,1-4H3,(H,25,27)/t16-/m0/s1. The molecule has 1 aliphatic heterocycles. The van der Waals surface area contributed by atoms with Crippen molar-refractivity contribution in [3.05, 3.63) is 53.1 Å². The highest BCUT2D eigenvalue weighted by atomic mass is 32.2. The number of piperidine rings is 1. The first-order valence-corrected chi connectivity index (χ1v) is 12.3. The summed E-state index contributed by atoms with van der Waals surface area (Å²) < 4.78 is 42.4. The maximum atomic E-state index is 13.2. The summed E-state index contributed by atoms with van der Waals surface area (Å²) in [6, 6.07) is 8.70. The minimum absolute atomic E-state index is 0.000204. The number of methoxy groups -OCH3 is 3. The molecule has 1 fully saturated rings. The molecule has 0 radical (unpaired) electrons. The number of anilines is 1. The molecule has 10 nitrogen and oxygen atoms in total. The van der Waals surface area contributed by atoms with E-state index in [-0.39, 0.29) is 28.3 Å². The number of sulfonamides is 1. The molecule has 2 aromatic carbocycles. The Hall–Kier alpha value is -3.44. The van der Waals surface area contributed by atoms with Gasteiger partial charge in [-0.3, -0.25) is 4.79 Å². The topological polar surface area (TPSA) is 128 Å². The second-order valence-corrected chi connectivity index (χ2v) is 10.0. The fraction of sp³-hybridized carbons (Fsp3) is 0.375. The summed E-state index contributed by atoms with van der Waals surface area (Å²) in [6.07, 6.45) is 0.988. The summed E-state index contributed by atoms with van der Waals surface area (Å²) in [6.45, 7) is 2.05. The molecule has 0 bridgehead atoms. The van der Waals surface area contributed by atoms with Gasteiger partial charge in [0.1, 0.15) is 5.75 Å². The van der Waals surface area contributed by atoms with Gasteiger partial charge in [0.05, 0.1) is 43.3 Å². The molecule has 35 heavy (non-hydrogen) atoms. The number of amides is 1. The highest BCUT2D eigenvalue weighted by Crippen LogP contribution is 2.28. The molecule has 0 unspecified atom stereocenters. The molecule has 1 N–H and O–H groups in total. The van der Waals surface area contributed by atoms with Gasteiger partial charge in [-0.1, -0.05) is 0 Å². The molecule has 0 spiro atoms. The predicted octanol–water partition coefficient (Wildman–Crippen LogP) is 2.62. The van der Waals surface area contributed by atoms with Crippen LogP contribution in [0.4, 0.5) is 5.69 Å². The number of benzene rings is 2. The summed E-state index contributed by atoms with van der Waals surface area (Å²) in [5.41, 5.74) is 1.01. The van der Waals surface area contributed by atoms with Crippen molar-refractivity contribution in [1.29, 1.82) is 0 Å². The Balaban J connectivity index is 1.80. The minimum atomic E-state index is -3.82. The molecule has 2 aromatic rings. The second kappa shape index (κ2) is 10.9. The highest BCUT2D eigenvalue weighted by molar-refractivity contribution is 7.89. The summed E-state index contributed by atoms with van der Waals surface area (Å²) in [7, 11) is 0.0995. The van der Waals surface area contributed by atoms with Gasteiger partial charge in [-0.15, -0.1) is 0 Å². The number of ether oxygens (including phenoxy) is 3. The molecule has 0 aliphatic carbocycles. The van der Waals surface area contributed by atoms with Gasteiger partial charge in [-0.25, -0.2) is 18.0 Å². The van der Waals surface area contributed by atoms with E-state index in [9.17, 15) is 22.8 Å². The zero-order chi connectivity index (χ0) is 25.8. The van der Waals surface area contributed by atoms with Crippen molar-refractivity contribution in [1.82, 2.24) is 4.31 Å². The summed E-state index contributed by atoms with van der Waals surface area (Å²) >= 11 is 0. The van der Waals surface area contributed by atoms with Gasteiger partial charge in [-0.2, -0.15) is 4.31 Å². The molecule has 0 aromatic heterocycles. The molecule has 1 atom stereocenters. The lowest BCUT2D eigenvalue weighted by Crippen LogP contribution is -2.43. The van der Waals surface area contributed by atoms with Gasteiger partial charge in [-0.05, 0) is 61.7 Å². The fourth-order valence-electron chi connectivity index (χ4n) is 3.95. The largest absolute Gasteiger partial charge is 0.496 e. The van der Waals surface area contributed by atoms with Crippen molar-refractivity contribution >= 4 is 33.6 Å². The molecule has 1 heterocycles. The number of aryl methyl sites for hydroxylation is 1. The third-order valence-electron chi connectivity index (χ3n) is 5.80. The Bertz CT molecular complexity index is 1210. The lowest BCUT2D eigenvalue weighted by Gasteiger charge is -2.31. The lowest BCUT2D eigenvalue weighted by atomic mass is 9.98. The monoisotopic (exact) mass is 504 g/mol. The van der Waals surface area contributed by atoms with Crippen molar-refractivity contribution in [2.24, 2.45) is 5.92 Å². The molecule has 3 rings (SSSR count). The van der Waals surface area contributed by atoms with Gasteiger partial charge in [0.2, 0.25) is 15.9 Å². The van der Waals surface area contributed by atoms with Crippen LogP contribution in [0.15, 0.2) is 41.3 Å². The van der Waals surface area contributed by atoms with Crippen LogP contribution in [0.25, 0.3) is 0 Å². The number of nitrogens with zero attached hydrogens (tertiary/aromatic N) is 1. The number of hydrogen-bond donors (Lipinski definition) is 1. The third kappa shape index (κ3) is 5.80. The van der Waals surface area contributed by atoms with E-state index in [0.29, 0.717) is 30.7 Å². The van der Waals surface area contributed by atoms with E-state index in [1.807, 2.05) is 0 Å². The van der Waals surface area contributed by atoms with Gasteiger partial charge < -0.3 is 19.5 Å². The molecule has 11 heteroatoms. The van der Waals surface area contributed by atoms with Crippen LogP contribution in [-0.4, -0.2) is 65.0 Å². The van der Waals surface area contributed by atoms with Gasteiger partial charge in [0.25, 0.3) is 0 Å². The first kappa shape index (κ1) is 26.2. The molecule has 1 amide bonds. The second-order valence-electron chi connectivity index (χ2n) is 8.11. The van der Waals surface area contributed by atoms with Crippen LogP contribution in [0.3, 0.4) is 0 Å². The van der Waals surface area contributed by atoms with Crippen molar-refractivity contribution in [3.8, 4) is 5.75 Å². The predicted molar refractivity (Wildman–Crippen MR) is 127 cm³/mol. The fourth-order valence-corrected chi connectivity index (χ4v) is 5.56. The Labute approximate surface area is 204 Å². The van der Waals surface area contributed by atoms with Crippen molar-refractivity contribution in [2.75, 3.05) is 39.7 Å². The van der Waals surface area contributed by atoms with E-state index in [0.717, 1.165) is 0 Å². The normalized spacial score (nSPS) is 16.3. The Morgan fingerprint density at radius 1 is 0.971 bits per heavy atom. The zero-order valence-corrected chi connectivity index (χ0v) is 20.8. The van der Waals surface area contributed by atoms with Crippen LogP contribution in [0, 0.1) is 12.8 Å². The summed E-state index contributed by atoms with van der Waals surface area (Å²) in [4.78, 5) is 37.2. The molecule has 1 aliphatic rings. The highest BCUT2D eigenvalue weighted by Gasteiger charge is 2.33. The van der Waals surface area contributed by atoms with Crippen LogP contribution in [0.2, 0.25) is 0 Å². The number of rotatable bonds is 7. The number of carbonyl (C=O) groups excluding carboxylic acids is 3. The zero-order valence-electron chi connectivity index (χ0n) is 20.0. The lowest BCUT2D eigenvalue weighted by molar-refractivity contribution is -0.120. The quantitative estimate of drug-likeness (QED) is 0.570. The van der Waals surface area contributed by atoms with E-state index >= 15 is 0 Å². The van der Waals surface area contributed by atoms with E-state index in [2.05, 4.69) is 5.32 Å². The summed E-state index contributed by atoms with van der Waals surface area (Å²) in [5, 5.41) is 2.69. The molecule has 188 valence electrons. The van der Waals surface area contributed by atoms with E-state index < -0.39 is 33.8 Å². The van der Waals surface area contributed by atoms with Crippen LogP contribution in [-0.2, 0) is 24.3 Å². The molecular weight excluding hydrogens is 476 g/mol. The molecule has 1 saturated heterocycles. The molecular formula is C24H28N2O8S. The van der Waals surface area contributed by atoms with Gasteiger partial charge in [0.15, 0.2) is 0 Å². The maximum absolute atomic E-state index is 13.2. The van der Waals surface area contributed by atoms with Crippen LogP contribution >= 0.6 is 0 Å². The molecule has 0 saturated carbocycles. The average Bonchev–Trinajstić information content (AvgIpc) is 2.87. The third-order valence-corrected chi connectivity index (χ3v) is 7.66. The Morgan fingerprint density at radius 3 is 2.14 bits per heavy atom. The van der Waals surface area contributed by atoms with Gasteiger partial charge in [0, 0.05) is 18.8 Å². The number of carbonyl (C=O) groups is 3. The van der Waals surface area contributed by atoms with Crippen molar-refractivity contribution < 1.29 is 37.0 Å². The number of nitrogens with one attached hydrogen (secondary N) is 1. The minimum Gasteiger partial charge on any atom is -0.496 e. The van der Waals surface area contributed by atoms with Crippen LogP contribution in [0.5, 0.6) is 5.75 Å². The summed E-state index contributed by atoms with van der Waals surface area (Å²) in [5.74, 6) is -1.83. The van der Waals surface area contributed by atoms with E-state index in [1.54, 1.807) is 19.1 Å². The van der Waals surface area contributed by atoms with Crippen LogP contribution < -0.4 is 10.1 Å². The first-order chi connectivity index (χ1) is 16.6. The van der Waals surface area contributed by atoms with Crippen LogP contribution in [0.1, 0.15) is 39.1 Å². The smallest absolute Gasteiger partial charge is 0.337 e. The van der Waals surface area contributed by atoms with Crippen molar-refractivity contribution in [3.63, 3.8) is 0 Å². The van der Waals surface area contributed by atoms with E-state index in [4.69, 9.17) is 14.2 Å². The SMILES string of the molecule is COC(=O)c1cc(NC(=O)[C@H]2CCCN(S(=O)(=O)c3ccc(OC)c(C)c3)C2)cc(C(=O)OC)c1. The number of hydrogen-bond acceptors (Lipinski definition) is 8. The first-order valence-electron chi connectivity index (χ1n) is 10.9. The Morgan fingerprint density at radius 2 is 1.60 bits per heavy atom. The Kier molecular flexibility index (Phi) is 8.13. The van der Waals surface area contributed by atoms with Crippen molar-refractivity contribution in [2.45, 2.75) is 24.7 Å². The maximum Gasteiger partial charge on any atom is 0.337 e. The van der Waals surface area contributed by atoms with Gasteiger partial charge >= 0.3 is 11.9 Å². The average molecular weight is 505 g/mol. The number of esters is 2.